The van der Waals surface area contributed by atoms with Gasteiger partial charge >= 0.3 is 0 Å². The van der Waals surface area contributed by atoms with Crippen molar-refractivity contribution in [1.82, 2.24) is 5.32 Å². The van der Waals surface area contributed by atoms with E-state index in [1.807, 2.05) is 55.5 Å². The lowest BCUT2D eigenvalue weighted by Gasteiger charge is -2.11. The molecule has 0 unspecified atom stereocenters. The second-order valence-corrected chi connectivity index (χ2v) is 5.51. The minimum Gasteiger partial charge on any atom is -0.495 e. The second kappa shape index (κ2) is 8.72. The smallest absolute Gasteiger partial charge is 0.226 e. The van der Waals surface area contributed by atoms with E-state index in [1.165, 1.54) is 0 Å². The number of methoxy groups -OCH3 is 1. The van der Waals surface area contributed by atoms with Gasteiger partial charge in [0.1, 0.15) is 5.75 Å². The Balaban J connectivity index is 1.77. The van der Waals surface area contributed by atoms with Gasteiger partial charge in [0, 0.05) is 13.0 Å². The predicted molar refractivity (Wildman–Crippen MR) is 94.1 cm³/mol. The minimum atomic E-state index is -0.168. The van der Waals surface area contributed by atoms with Crippen molar-refractivity contribution in [3.63, 3.8) is 0 Å². The van der Waals surface area contributed by atoms with Crippen molar-refractivity contribution in [2.24, 2.45) is 0 Å². The third-order valence-corrected chi connectivity index (χ3v) is 3.51. The molecule has 2 aromatic rings. The van der Waals surface area contributed by atoms with Crippen LogP contribution < -0.4 is 15.4 Å². The van der Waals surface area contributed by atoms with Crippen LogP contribution in [-0.2, 0) is 16.0 Å². The Morgan fingerprint density at radius 2 is 1.79 bits per heavy atom. The molecule has 0 heterocycles. The highest BCUT2D eigenvalue weighted by Crippen LogP contribution is 2.25. The number of ether oxygens (including phenoxy) is 1. The monoisotopic (exact) mass is 326 g/mol. The summed E-state index contributed by atoms with van der Waals surface area (Å²) in [6.45, 7) is 2.24. The first kappa shape index (κ1) is 17.5. The predicted octanol–water partition coefficient (Wildman–Crippen LogP) is 2.69. The van der Waals surface area contributed by atoms with Gasteiger partial charge in [-0.2, -0.15) is 0 Å². The number of rotatable bonds is 7. The summed E-state index contributed by atoms with van der Waals surface area (Å²) >= 11 is 0. The Morgan fingerprint density at radius 3 is 2.50 bits per heavy atom. The molecule has 0 aliphatic heterocycles. The van der Waals surface area contributed by atoms with E-state index in [0.29, 0.717) is 24.4 Å². The van der Waals surface area contributed by atoms with Gasteiger partial charge in [0.15, 0.2) is 0 Å². The van der Waals surface area contributed by atoms with Gasteiger partial charge in [-0.15, -0.1) is 0 Å². The standard InChI is InChI=1S/C19H22N2O3/c1-14-8-9-17(24-2)16(12-14)21-18(22)10-11-20-19(23)13-15-6-4-3-5-7-15/h3-9,12H,10-11,13H2,1-2H3,(H,20,23)(H,21,22). The average molecular weight is 326 g/mol. The summed E-state index contributed by atoms with van der Waals surface area (Å²) in [6, 6.07) is 15.1. The molecule has 2 N–H and O–H groups in total. The van der Waals surface area contributed by atoms with Crippen molar-refractivity contribution in [3.05, 3.63) is 59.7 Å². The number of anilines is 1. The lowest BCUT2D eigenvalue weighted by molar-refractivity contribution is -0.120. The summed E-state index contributed by atoms with van der Waals surface area (Å²) in [4.78, 5) is 23.8. The summed E-state index contributed by atoms with van der Waals surface area (Å²) in [5.74, 6) is 0.350. The fourth-order valence-corrected chi connectivity index (χ4v) is 2.29. The Kier molecular flexibility index (Phi) is 6.37. The van der Waals surface area contributed by atoms with E-state index in [9.17, 15) is 9.59 Å². The zero-order valence-electron chi connectivity index (χ0n) is 14.0. The Bertz CT molecular complexity index is 699. The van der Waals surface area contributed by atoms with Crippen LogP contribution in [0, 0.1) is 6.92 Å². The fourth-order valence-electron chi connectivity index (χ4n) is 2.29. The third-order valence-electron chi connectivity index (χ3n) is 3.51. The highest BCUT2D eigenvalue weighted by Gasteiger charge is 2.09. The van der Waals surface area contributed by atoms with E-state index >= 15 is 0 Å². The van der Waals surface area contributed by atoms with Gasteiger partial charge in [-0.05, 0) is 30.2 Å². The molecule has 0 spiro atoms. The van der Waals surface area contributed by atoms with Crippen molar-refractivity contribution in [2.45, 2.75) is 19.8 Å². The largest absolute Gasteiger partial charge is 0.495 e. The Labute approximate surface area is 142 Å². The van der Waals surface area contributed by atoms with Crippen LogP contribution in [0.1, 0.15) is 17.5 Å². The molecule has 0 atom stereocenters. The first-order valence-corrected chi connectivity index (χ1v) is 7.83. The molecule has 0 saturated carbocycles. The summed E-state index contributed by atoms with van der Waals surface area (Å²) in [5, 5.41) is 5.57. The molecule has 0 fully saturated rings. The van der Waals surface area contributed by atoms with Gasteiger partial charge in [0.2, 0.25) is 11.8 Å². The summed E-state index contributed by atoms with van der Waals surface area (Å²) in [5.41, 5.74) is 2.62. The molecule has 5 heteroatoms. The summed E-state index contributed by atoms with van der Waals surface area (Å²) in [7, 11) is 1.56. The molecule has 0 radical (unpaired) electrons. The lowest BCUT2D eigenvalue weighted by Crippen LogP contribution is -2.28. The van der Waals surface area contributed by atoms with Crippen LogP contribution in [-0.4, -0.2) is 25.5 Å². The maximum atomic E-state index is 12.0. The maximum absolute atomic E-state index is 12.0. The van der Waals surface area contributed by atoms with Gasteiger partial charge in [-0.25, -0.2) is 0 Å². The van der Waals surface area contributed by atoms with Crippen LogP contribution in [0.3, 0.4) is 0 Å². The SMILES string of the molecule is COc1ccc(C)cc1NC(=O)CCNC(=O)Cc1ccccc1. The lowest BCUT2D eigenvalue weighted by atomic mass is 10.1. The van der Waals surface area contributed by atoms with E-state index in [4.69, 9.17) is 4.74 Å². The number of carbonyl (C=O) groups excluding carboxylic acids is 2. The molecule has 2 amide bonds. The van der Waals surface area contributed by atoms with Gasteiger partial charge < -0.3 is 15.4 Å². The number of hydrogen-bond donors (Lipinski definition) is 2. The molecule has 0 saturated heterocycles. The van der Waals surface area contributed by atoms with Gasteiger partial charge in [0.25, 0.3) is 0 Å². The van der Waals surface area contributed by atoms with Crippen molar-refractivity contribution < 1.29 is 14.3 Å². The molecule has 2 rings (SSSR count). The second-order valence-electron chi connectivity index (χ2n) is 5.51. The molecule has 2 aromatic carbocycles. The maximum Gasteiger partial charge on any atom is 0.226 e. The van der Waals surface area contributed by atoms with Crippen molar-refractivity contribution in [1.29, 1.82) is 0 Å². The quantitative estimate of drug-likeness (QED) is 0.822. The topological polar surface area (TPSA) is 67.4 Å². The fraction of sp³-hybridized carbons (Fsp3) is 0.263. The number of hydrogen-bond acceptors (Lipinski definition) is 3. The molecular weight excluding hydrogens is 304 g/mol. The normalized spacial score (nSPS) is 10.1. The molecule has 0 aromatic heterocycles. The van der Waals surface area contributed by atoms with Crippen LogP contribution in [0.4, 0.5) is 5.69 Å². The molecular formula is C19H22N2O3. The summed E-state index contributed by atoms with van der Waals surface area (Å²) in [6.07, 6.45) is 0.520. The molecule has 24 heavy (non-hydrogen) atoms. The zero-order valence-corrected chi connectivity index (χ0v) is 14.0. The molecule has 126 valence electrons. The van der Waals surface area contributed by atoms with Crippen LogP contribution >= 0.6 is 0 Å². The first-order chi connectivity index (χ1) is 11.6. The number of nitrogens with one attached hydrogen (secondary N) is 2. The summed E-state index contributed by atoms with van der Waals surface area (Å²) < 4.78 is 5.23. The number of benzene rings is 2. The molecule has 5 nitrogen and oxygen atoms in total. The van der Waals surface area contributed by atoms with E-state index in [2.05, 4.69) is 10.6 Å². The van der Waals surface area contributed by atoms with Crippen LogP contribution in [0.25, 0.3) is 0 Å². The Morgan fingerprint density at radius 1 is 1.04 bits per heavy atom. The molecule has 0 bridgehead atoms. The van der Waals surface area contributed by atoms with E-state index in [0.717, 1.165) is 11.1 Å². The van der Waals surface area contributed by atoms with Crippen molar-refractivity contribution >= 4 is 17.5 Å². The molecule has 0 aliphatic carbocycles. The highest BCUT2D eigenvalue weighted by atomic mass is 16.5. The average Bonchev–Trinajstić information content (AvgIpc) is 2.56. The van der Waals surface area contributed by atoms with Crippen molar-refractivity contribution in [3.8, 4) is 5.75 Å². The Hall–Kier alpha value is -2.82. The van der Waals surface area contributed by atoms with Gasteiger partial charge in [0.05, 0.1) is 19.2 Å². The van der Waals surface area contributed by atoms with E-state index in [1.54, 1.807) is 7.11 Å². The van der Waals surface area contributed by atoms with Crippen LogP contribution in [0.15, 0.2) is 48.5 Å². The van der Waals surface area contributed by atoms with Crippen LogP contribution in [0.2, 0.25) is 0 Å². The highest BCUT2D eigenvalue weighted by molar-refractivity contribution is 5.92. The first-order valence-electron chi connectivity index (χ1n) is 7.83. The van der Waals surface area contributed by atoms with E-state index < -0.39 is 0 Å². The minimum absolute atomic E-state index is 0.0952. The van der Waals surface area contributed by atoms with Crippen molar-refractivity contribution in [2.75, 3.05) is 19.0 Å². The van der Waals surface area contributed by atoms with Gasteiger partial charge in [-0.3, -0.25) is 9.59 Å². The van der Waals surface area contributed by atoms with Gasteiger partial charge in [-0.1, -0.05) is 36.4 Å². The molecule has 0 aliphatic rings. The zero-order chi connectivity index (χ0) is 17.4. The third kappa shape index (κ3) is 5.43. The van der Waals surface area contributed by atoms with E-state index in [-0.39, 0.29) is 18.2 Å². The van der Waals surface area contributed by atoms with Crippen LogP contribution in [0.5, 0.6) is 5.75 Å². The number of amides is 2. The number of aryl methyl sites for hydroxylation is 1. The number of carbonyl (C=O) groups is 2.